The van der Waals surface area contributed by atoms with E-state index in [9.17, 15) is 27.9 Å². The summed E-state index contributed by atoms with van der Waals surface area (Å²) in [5.74, 6) is -3.20. The molecule has 2 unspecified atom stereocenters. The van der Waals surface area contributed by atoms with E-state index < -0.39 is 36.6 Å². The highest BCUT2D eigenvalue weighted by Crippen LogP contribution is 2.39. The molecule has 0 bridgehead atoms. The van der Waals surface area contributed by atoms with Gasteiger partial charge in [-0.25, -0.2) is 0 Å². The zero-order valence-electron chi connectivity index (χ0n) is 14.7. The molecule has 2 rings (SSSR count). The molecule has 0 aliphatic rings. The van der Waals surface area contributed by atoms with Gasteiger partial charge in [0.25, 0.3) is 5.91 Å². The van der Waals surface area contributed by atoms with Crippen molar-refractivity contribution in [1.82, 2.24) is 4.90 Å². The topological polar surface area (TPSA) is 57.6 Å². The highest BCUT2D eigenvalue weighted by atomic mass is 19.4. The Hall–Kier alpha value is -2.83. The molecular weight excluding hydrogens is 359 g/mol. The van der Waals surface area contributed by atoms with Gasteiger partial charge < -0.3 is 10.0 Å². The van der Waals surface area contributed by atoms with Crippen molar-refractivity contribution in [2.75, 3.05) is 6.54 Å². The van der Waals surface area contributed by atoms with Crippen LogP contribution in [0.25, 0.3) is 0 Å². The van der Waals surface area contributed by atoms with Crippen molar-refractivity contribution in [2.45, 2.75) is 25.6 Å². The van der Waals surface area contributed by atoms with Gasteiger partial charge in [0.15, 0.2) is 6.04 Å². The van der Waals surface area contributed by atoms with Crippen LogP contribution in [0.4, 0.5) is 13.2 Å². The van der Waals surface area contributed by atoms with E-state index in [4.69, 9.17) is 0 Å². The Kier molecular flexibility index (Phi) is 6.60. The first-order chi connectivity index (χ1) is 12.8. The standard InChI is InChI=1S/C20H20F3NO3/c1-2-14(19(26)27)13-24(18(25)16-11-7-4-8-12-16)17(20(21,22)23)15-9-5-3-6-10-15/h3-12,14,17H,2,13H2,1H3,(H,26,27). The highest BCUT2D eigenvalue weighted by molar-refractivity contribution is 5.94. The Morgan fingerprint density at radius 2 is 1.52 bits per heavy atom. The smallest absolute Gasteiger partial charge is 0.413 e. The number of carboxylic acids is 1. The normalized spacial score (nSPS) is 13.6. The molecule has 0 aromatic heterocycles. The van der Waals surface area contributed by atoms with Gasteiger partial charge >= 0.3 is 12.1 Å². The first-order valence-corrected chi connectivity index (χ1v) is 8.46. The molecule has 0 radical (unpaired) electrons. The van der Waals surface area contributed by atoms with Crippen LogP contribution in [0.2, 0.25) is 0 Å². The average molecular weight is 379 g/mol. The minimum atomic E-state index is -4.76. The quantitative estimate of drug-likeness (QED) is 0.768. The number of alkyl halides is 3. The van der Waals surface area contributed by atoms with Crippen LogP contribution in [0.15, 0.2) is 60.7 Å². The number of carbonyl (C=O) groups is 2. The van der Waals surface area contributed by atoms with Crippen LogP contribution in [0, 0.1) is 5.92 Å². The molecule has 4 nitrogen and oxygen atoms in total. The Balaban J connectivity index is 2.54. The lowest BCUT2D eigenvalue weighted by atomic mass is 9.99. The third-order valence-electron chi connectivity index (χ3n) is 4.28. The van der Waals surface area contributed by atoms with Crippen molar-refractivity contribution >= 4 is 11.9 Å². The maximum Gasteiger partial charge on any atom is 0.413 e. The van der Waals surface area contributed by atoms with Gasteiger partial charge in [-0.15, -0.1) is 0 Å². The lowest BCUT2D eigenvalue weighted by Crippen LogP contribution is -2.45. The maximum atomic E-state index is 13.9. The molecular formula is C20H20F3NO3. The number of hydrogen-bond donors (Lipinski definition) is 1. The minimum absolute atomic E-state index is 0.0722. The summed E-state index contributed by atoms with van der Waals surface area (Å²) < 4.78 is 41.8. The Bertz CT molecular complexity index is 763. The Labute approximate surface area is 155 Å². The maximum absolute atomic E-state index is 13.9. The summed E-state index contributed by atoms with van der Waals surface area (Å²) in [7, 11) is 0. The second kappa shape index (κ2) is 8.70. The van der Waals surface area contributed by atoms with E-state index >= 15 is 0 Å². The molecule has 2 atom stereocenters. The monoisotopic (exact) mass is 379 g/mol. The fraction of sp³-hybridized carbons (Fsp3) is 0.300. The molecule has 0 heterocycles. The summed E-state index contributed by atoms with van der Waals surface area (Å²) in [5, 5.41) is 9.31. The number of nitrogens with zero attached hydrogens (tertiary/aromatic N) is 1. The summed E-state index contributed by atoms with van der Waals surface area (Å²) in [6.07, 6.45) is -4.66. The number of carbonyl (C=O) groups excluding carboxylic acids is 1. The fourth-order valence-electron chi connectivity index (χ4n) is 2.85. The molecule has 27 heavy (non-hydrogen) atoms. The summed E-state index contributed by atoms with van der Waals surface area (Å²) in [5.41, 5.74) is -0.0440. The molecule has 0 saturated heterocycles. The van der Waals surface area contributed by atoms with E-state index in [1.807, 2.05) is 0 Å². The predicted molar refractivity (Wildman–Crippen MR) is 94.1 cm³/mol. The molecule has 7 heteroatoms. The molecule has 0 saturated carbocycles. The van der Waals surface area contributed by atoms with E-state index in [2.05, 4.69) is 0 Å². The van der Waals surface area contributed by atoms with Crippen LogP contribution in [0.1, 0.15) is 35.3 Å². The summed E-state index contributed by atoms with van der Waals surface area (Å²) in [6, 6.07) is 12.4. The second-order valence-corrected chi connectivity index (χ2v) is 6.12. The van der Waals surface area contributed by atoms with Crippen LogP contribution in [-0.2, 0) is 4.79 Å². The minimum Gasteiger partial charge on any atom is -0.481 e. The highest BCUT2D eigenvalue weighted by Gasteiger charge is 2.47. The number of benzene rings is 2. The van der Waals surface area contributed by atoms with Gasteiger partial charge in [0, 0.05) is 12.1 Å². The molecule has 144 valence electrons. The number of carboxylic acid groups (broad SMARTS) is 1. The summed E-state index contributed by atoms with van der Waals surface area (Å²) in [4.78, 5) is 24.9. The molecule has 0 fully saturated rings. The van der Waals surface area contributed by atoms with Crippen molar-refractivity contribution in [1.29, 1.82) is 0 Å². The molecule has 1 N–H and O–H groups in total. The van der Waals surface area contributed by atoms with Gasteiger partial charge in [0.2, 0.25) is 0 Å². The Morgan fingerprint density at radius 3 is 1.96 bits per heavy atom. The molecule has 0 spiro atoms. The van der Waals surface area contributed by atoms with Crippen molar-refractivity contribution in [3.63, 3.8) is 0 Å². The zero-order valence-corrected chi connectivity index (χ0v) is 14.7. The fourth-order valence-corrected chi connectivity index (χ4v) is 2.85. The first kappa shape index (κ1) is 20.5. The first-order valence-electron chi connectivity index (χ1n) is 8.46. The van der Waals surface area contributed by atoms with Crippen molar-refractivity contribution in [3.8, 4) is 0 Å². The molecule has 0 aliphatic carbocycles. The van der Waals surface area contributed by atoms with E-state index in [0.717, 1.165) is 0 Å². The number of rotatable bonds is 7. The van der Waals surface area contributed by atoms with E-state index in [-0.39, 0.29) is 17.5 Å². The van der Waals surface area contributed by atoms with Crippen molar-refractivity contribution in [2.24, 2.45) is 5.92 Å². The second-order valence-electron chi connectivity index (χ2n) is 6.12. The van der Waals surface area contributed by atoms with Gasteiger partial charge in [0.1, 0.15) is 0 Å². The van der Waals surface area contributed by atoms with Gasteiger partial charge in [-0.05, 0) is 24.1 Å². The van der Waals surface area contributed by atoms with Crippen LogP contribution in [0.5, 0.6) is 0 Å². The largest absolute Gasteiger partial charge is 0.481 e. The van der Waals surface area contributed by atoms with Crippen molar-refractivity contribution < 1.29 is 27.9 Å². The number of amides is 1. The molecule has 1 amide bonds. The molecule has 2 aromatic rings. The van der Waals surface area contributed by atoms with E-state index in [1.54, 1.807) is 31.2 Å². The van der Waals surface area contributed by atoms with Crippen LogP contribution >= 0.6 is 0 Å². The zero-order chi connectivity index (χ0) is 20.0. The average Bonchev–Trinajstić information content (AvgIpc) is 2.64. The summed E-state index contributed by atoms with van der Waals surface area (Å²) in [6.45, 7) is 1.02. The summed E-state index contributed by atoms with van der Waals surface area (Å²) >= 11 is 0. The number of hydrogen-bond acceptors (Lipinski definition) is 2. The lowest BCUT2D eigenvalue weighted by molar-refractivity contribution is -0.182. The SMILES string of the molecule is CCC(CN(C(=O)c1ccccc1)C(c1ccccc1)C(F)(F)F)C(=O)O. The van der Waals surface area contributed by atoms with E-state index in [1.165, 1.54) is 36.4 Å². The van der Waals surface area contributed by atoms with Crippen LogP contribution in [-0.4, -0.2) is 34.6 Å². The Morgan fingerprint density at radius 1 is 1.00 bits per heavy atom. The third kappa shape index (κ3) is 5.09. The van der Waals surface area contributed by atoms with Crippen LogP contribution < -0.4 is 0 Å². The van der Waals surface area contributed by atoms with E-state index in [0.29, 0.717) is 4.90 Å². The molecule has 0 aliphatic heterocycles. The van der Waals surface area contributed by atoms with Gasteiger partial charge in [-0.3, -0.25) is 9.59 Å². The predicted octanol–water partition coefficient (Wildman–Crippen LogP) is 4.54. The van der Waals surface area contributed by atoms with Gasteiger partial charge in [0.05, 0.1) is 5.92 Å². The molecule has 2 aromatic carbocycles. The van der Waals surface area contributed by atoms with Gasteiger partial charge in [-0.2, -0.15) is 13.2 Å². The van der Waals surface area contributed by atoms with Crippen molar-refractivity contribution in [3.05, 3.63) is 71.8 Å². The lowest BCUT2D eigenvalue weighted by Gasteiger charge is -2.35. The number of halogens is 3. The third-order valence-corrected chi connectivity index (χ3v) is 4.28. The number of aliphatic carboxylic acids is 1. The van der Waals surface area contributed by atoms with Crippen LogP contribution in [0.3, 0.4) is 0 Å². The van der Waals surface area contributed by atoms with Gasteiger partial charge in [-0.1, -0.05) is 55.5 Å².